The van der Waals surface area contributed by atoms with Crippen molar-refractivity contribution < 1.29 is 9.59 Å². The number of rotatable bonds is 7. The number of aryl methyl sites for hydroxylation is 1. The quantitative estimate of drug-likeness (QED) is 0.720. The van der Waals surface area contributed by atoms with Crippen molar-refractivity contribution in [2.45, 2.75) is 27.2 Å². The molecule has 0 unspecified atom stereocenters. The van der Waals surface area contributed by atoms with Crippen LogP contribution in [-0.4, -0.2) is 32.0 Å². The lowest BCUT2D eigenvalue weighted by Gasteiger charge is -2.11. The van der Waals surface area contributed by atoms with Gasteiger partial charge in [-0.05, 0) is 43.7 Å². The minimum atomic E-state index is -0.0835. The highest BCUT2D eigenvalue weighted by Crippen LogP contribution is 2.16. The number of amides is 2. The number of carbonyl (C=O) groups excluding carboxylic acids is 2. The van der Waals surface area contributed by atoms with Gasteiger partial charge in [-0.2, -0.15) is 0 Å². The van der Waals surface area contributed by atoms with E-state index in [0.717, 1.165) is 11.3 Å². The molecule has 0 heterocycles. The van der Waals surface area contributed by atoms with E-state index in [0.29, 0.717) is 31.0 Å². The zero-order chi connectivity index (χ0) is 15.8. The number of hydrogen-bond donors (Lipinski definition) is 3. The van der Waals surface area contributed by atoms with Crippen molar-refractivity contribution in [1.29, 1.82) is 0 Å². The highest BCUT2D eigenvalue weighted by Gasteiger charge is 2.09. The van der Waals surface area contributed by atoms with E-state index in [4.69, 9.17) is 0 Å². The molecule has 0 radical (unpaired) electrons. The van der Waals surface area contributed by atoms with Crippen LogP contribution in [0.15, 0.2) is 18.2 Å². The molecule has 0 aliphatic carbocycles. The summed E-state index contributed by atoms with van der Waals surface area (Å²) in [5.74, 6) is 0.296. The Morgan fingerprint density at radius 2 is 1.91 bits per heavy atom. The predicted octanol–water partition coefficient (Wildman–Crippen LogP) is 2.35. The number of halogens is 1. The molecule has 124 valence electrons. The zero-order valence-electron chi connectivity index (χ0n) is 13.7. The molecular weight excluding hydrogens is 302 g/mol. The van der Waals surface area contributed by atoms with Crippen LogP contribution in [0.4, 0.5) is 5.69 Å². The molecule has 0 aliphatic heterocycles. The van der Waals surface area contributed by atoms with Crippen LogP contribution in [0.1, 0.15) is 36.2 Å². The van der Waals surface area contributed by atoms with Gasteiger partial charge in [0.15, 0.2) is 0 Å². The largest absolute Gasteiger partial charge is 0.352 e. The minimum absolute atomic E-state index is 0. The average molecular weight is 328 g/mol. The van der Waals surface area contributed by atoms with Crippen LogP contribution < -0.4 is 16.0 Å². The third kappa shape index (κ3) is 6.91. The number of anilines is 1. The van der Waals surface area contributed by atoms with Crippen LogP contribution in [0.2, 0.25) is 0 Å². The first-order valence-corrected chi connectivity index (χ1v) is 7.27. The van der Waals surface area contributed by atoms with Gasteiger partial charge >= 0.3 is 0 Å². The van der Waals surface area contributed by atoms with Crippen LogP contribution in [-0.2, 0) is 4.79 Å². The first-order chi connectivity index (χ1) is 9.93. The zero-order valence-corrected chi connectivity index (χ0v) is 14.5. The molecule has 0 aliphatic rings. The Kier molecular flexibility index (Phi) is 9.45. The maximum atomic E-state index is 12.0. The molecule has 0 saturated heterocycles. The lowest BCUT2D eigenvalue weighted by molar-refractivity contribution is -0.116. The second-order valence-electron chi connectivity index (χ2n) is 5.54. The van der Waals surface area contributed by atoms with Crippen molar-refractivity contribution in [2.75, 3.05) is 25.5 Å². The summed E-state index contributed by atoms with van der Waals surface area (Å²) < 4.78 is 0. The number of nitrogens with one attached hydrogen (secondary N) is 3. The molecule has 0 spiro atoms. The van der Waals surface area contributed by atoms with Crippen LogP contribution >= 0.6 is 12.4 Å². The van der Waals surface area contributed by atoms with Crippen molar-refractivity contribution in [1.82, 2.24) is 10.6 Å². The van der Waals surface area contributed by atoms with E-state index in [-0.39, 0.29) is 24.2 Å². The molecule has 0 saturated carbocycles. The molecule has 3 N–H and O–H groups in total. The van der Waals surface area contributed by atoms with Crippen LogP contribution in [0.5, 0.6) is 0 Å². The van der Waals surface area contributed by atoms with Gasteiger partial charge in [0.2, 0.25) is 5.91 Å². The molecule has 2 amide bonds. The van der Waals surface area contributed by atoms with Crippen LogP contribution in [0.3, 0.4) is 0 Å². The van der Waals surface area contributed by atoms with Crippen LogP contribution in [0, 0.1) is 12.8 Å². The fraction of sp³-hybridized carbons (Fsp3) is 0.500. The molecule has 22 heavy (non-hydrogen) atoms. The van der Waals surface area contributed by atoms with E-state index < -0.39 is 0 Å². The maximum Gasteiger partial charge on any atom is 0.251 e. The Bertz CT molecular complexity index is 504. The fourth-order valence-corrected chi connectivity index (χ4v) is 1.80. The van der Waals surface area contributed by atoms with Gasteiger partial charge < -0.3 is 16.0 Å². The summed E-state index contributed by atoms with van der Waals surface area (Å²) in [5, 5.41) is 8.66. The van der Waals surface area contributed by atoms with Crippen molar-refractivity contribution in [3.8, 4) is 0 Å². The molecule has 6 heteroatoms. The first kappa shape index (κ1) is 20.4. The Morgan fingerprint density at radius 3 is 2.45 bits per heavy atom. The normalized spacial score (nSPS) is 10.0. The molecule has 1 rings (SSSR count). The smallest absolute Gasteiger partial charge is 0.251 e. The lowest BCUT2D eigenvalue weighted by atomic mass is 10.1. The summed E-state index contributed by atoms with van der Waals surface area (Å²) in [6.45, 7) is 7.28. The van der Waals surface area contributed by atoms with E-state index in [9.17, 15) is 9.59 Å². The van der Waals surface area contributed by atoms with E-state index in [1.807, 2.05) is 14.0 Å². The summed E-state index contributed by atoms with van der Waals surface area (Å²) in [5.41, 5.74) is 2.24. The highest BCUT2D eigenvalue weighted by atomic mass is 35.5. The number of hydrogen-bond acceptors (Lipinski definition) is 3. The van der Waals surface area contributed by atoms with Crippen molar-refractivity contribution >= 4 is 29.9 Å². The minimum Gasteiger partial charge on any atom is -0.352 e. The summed E-state index contributed by atoms with van der Waals surface area (Å²) in [4.78, 5) is 23.7. The van der Waals surface area contributed by atoms with E-state index in [2.05, 4.69) is 29.8 Å². The van der Waals surface area contributed by atoms with Gasteiger partial charge in [0.05, 0.1) is 0 Å². The summed E-state index contributed by atoms with van der Waals surface area (Å²) in [6, 6.07) is 5.30. The van der Waals surface area contributed by atoms with Crippen molar-refractivity contribution in [3.05, 3.63) is 29.3 Å². The van der Waals surface area contributed by atoms with E-state index in [1.165, 1.54) is 0 Å². The summed E-state index contributed by atoms with van der Waals surface area (Å²) >= 11 is 0. The second kappa shape index (κ2) is 10.2. The van der Waals surface area contributed by atoms with Gasteiger partial charge in [0.25, 0.3) is 5.91 Å². The molecule has 0 atom stereocenters. The lowest BCUT2D eigenvalue weighted by Crippen LogP contribution is -2.27. The standard InChI is InChI=1S/C16H25N3O2.ClH/c1-11(2)10-18-16(21)13-5-6-14(12(3)9-13)19-15(20)7-8-17-4;/h5-6,9,11,17H,7-8,10H2,1-4H3,(H,18,21)(H,19,20);1H. The fourth-order valence-electron chi connectivity index (χ4n) is 1.80. The molecule has 1 aromatic carbocycles. The van der Waals surface area contributed by atoms with Gasteiger partial charge in [-0.15, -0.1) is 12.4 Å². The topological polar surface area (TPSA) is 70.2 Å². The highest BCUT2D eigenvalue weighted by molar-refractivity contribution is 5.96. The third-order valence-electron chi connectivity index (χ3n) is 3.04. The third-order valence-corrected chi connectivity index (χ3v) is 3.04. The second-order valence-corrected chi connectivity index (χ2v) is 5.54. The predicted molar refractivity (Wildman–Crippen MR) is 92.8 cm³/mol. The monoisotopic (exact) mass is 327 g/mol. The average Bonchev–Trinajstić information content (AvgIpc) is 2.44. The Hall–Kier alpha value is -1.59. The number of benzene rings is 1. The van der Waals surface area contributed by atoms with Gasteiger partial charge in [-0.3, -0.25) is 9.59 Å². The maximum absolute atomic E-state index is 12.0. The Balaban J connectivity index is 0.00000441. The van der Waals surface area contributed by atoms with Crippen molar-refractivity contribution in [3.63, 3.8) is 0 Å². The first-order valence-electron chi connectivity index (χ1n) is 7.27. The van der Waals surface area contributed by atoms with E-state index >= 15 is 0 Å². The number of carbonyl (C=O) groups is 2. The molecule has 5 nitrogen and oxygen atoms in total. The summed E-state index contributed by atoms with van der Waals surface area (Å²) in [7, 11) is 1.81. The van der Waals surface area contributed by atoms with Crippen molar-refractivity contribution in [2.24, 2.45) is 5.92 Å². The SMILES string of the molecule is CNCCC(=O)Nc1ccc(C(=O)NCC(C)C)cc1C.Cl. The molecule has 0 aromatic heterocycles. The molecule has 0 fully saturated rings. The van der Waals surface area contributed by atoms with Gasteiger partial charge in [0.1, 0.15) is 0 Å². The molecule has 0 bridgehead atoms. The van der Waals surface area contributed by atoms with Crippen LogP contribution in [0.25, 0.3) is 0 Å². The Labute approximate surface area is 138 Å². The van der Waals surface area contributed by atoms with Gasteiger partial charge in [-0.25, -0.2) is 0 Å². The molecule has 1 aromatic rings. The van der Waals surface area contributed by atoms with Gasteiger partial charge in [0, 0.05) is 30.8 Å². The van der Waals surface area contributed by atoms with E-state index in [1.54, 1.807) is 18.2 Å². The van der Waals surface area contributed by atoms with Gasteiger partial charge in [-0.1, -0.05) is 13.8 Å². The molecular formula is C16H26ClN3O2. The Morgan fingerprint density at radius 1 is 1.23 bits per heavy atom. The summed E-state index contributed by atoms with van der Waals surface area (Å²) in [6.07, 6.45) is 0.423.